The summed E-state index contributed by atoms with van der Waals surface area (Å²) >= 11 is 0. The zero-order chi connectivity index (χ0) is 20.5. The molecule has 1 fully saturated rings. The van der Waals surface area contributed by atoms with Crippen LogP contribution < -0.4 is 15.8 Å². The van der Waals surface area contributed by atoms with E-state index in [1.165, 1.54) is 0 Å². The summed E-state index contributed by atoms with van der Waals surface area (Å²) in [5.74, 6) is 0.627. The molecule has 1 aliphatic rings. The Morgan fingerprint density at radius 1 is 1.10 bits per heavy atom. The Morgan fingerprint density at radius 3 is 2.60 bits per heavy atom. The number of nitrogens with one attached hydrogen (secondary N) is 1. The molecule has 2 aromatic rings. The van der Waals surface area contributed by atoms with Crippen LogP contribution in [0, 0.1) is 5.92 Å². The molecule has 0 bridgehead atoms. The summed E-state index contributed by atoms with van der Waals surface area (Å²) in [6, 6.07) is 17.9. The van der Waals surface area contributed by atoms with Crippen LogP contribution in [0.3, 0.4) is 0 Å². The minimum absolute atomic E-state index is 0. The van der Waals surface area contributed by atoms with Gasteiger partial charge in [0.2, 0.25) is 11.8 Å². The van der Waals surface area contributed by atoms with Crippen molar-refractivity contribution < 1.29 is 14.3 Å². The summed E-state index contributed by atoms with van der Waals surface area (Å²) in [6.45, 7) is 2.36. The number of rotatable bonds is 8. The van der Waals surface area contributed by atoms with Crippen LogP contribution in [0.15, 0.2) is 54.6 Å². The molecular formula is C23H30ClN3O3. The maximum Gasteiger partial charge on any atom is 0.226 e. The molecule has 2 aromatic carbocycles. The number of hydrogen-bond donors (Lipinski definition) is 2. The minimum Gasteiger partial charge on any atom is -0.492 e. The highest BCUT2D eigenvalue weighted by atomic mass is 35.5. The van der Waals surface area contributed by atoms with Crippen LogP contribution in [0.25, 0.3) is 11.1 Å². The Labute approximate surface area is 184 Å². The van der Waals surface area contributed by atoms with Crippen LogP contribution in [0.1, 0.15) is 19.3 Å². The first-order valence-electron chi connectivity index (χ1n) is 10.2. The first-order valence-corrected chi connectivity index (χ1v) is 10.2. The van der Waals surface area contributed by atoms with Crippen LogP contribution in [0.2, 0.25) is 0 Å². The molecule has 3 rings (SSSR count). The highest BCUT2D eigenvalue weighted by Crippen LogP contribution is 2.29. The smallest absolute Gasteiger partial charge is 0.226 e. The third-order valence-corrected chi connectivity index (χ3v) is 5.13. The van der Waals surface area contributed by atoms with Crippen molar-refractivity contribution in [2.24, 2.45) is 11.7 Å². The second-order valence-corrected chi connectivity index (χ2v) is 7.22. The lowest BCUT2D eigenvalue weighted by molar-refractivity contribution is -0.136. The van der Waals surface area contributed by atoms with Gasteiger partial charge in [-0.2, -0.15) is 0 Å². The van der Waals surface area contributed by atoms with Gasteiger partial charge in [-0.1, -0.05) is 48.5 Å². The van der Waals surface area contributed by atoms with Crippen molar-refractivity contribution >= 4 is 24.2 Å². The molecule has 2 amide bonds. The molecular weight excluding hydrogens is 402 g/mol. The number of nitrogens with zero attached hydrogens (tertiary/aromatic N) is 1. The zero-order valence-electron chi connectivity index (χ0n) is 17.1. The first kappa shape index (κ1) is 23.7. The lowest BCUT2D eigenvalue weighted by Crippen LogP contribution is -2.46. The molecule has 0 aromatic heterocycles. The van der Waals surface area contributed by atoms with Crippen molar-refractivity contribution in [2.45, 2.75) is 19.3 Å². The SMILES string of the molecule is Cl.NCCNC(=O)C1CCCN(C(=O)CCOc2ccccc2-c2ccccc2)C1. The molecule has 1 heterocycles. The summed E-state index contributed by atoms with van der Waals surface area (Å²) in [6.07, 6.45) is 1.94. The number of piperidine rings is 1. The van der Waals surface area contributed by atoms with Crippen molar-refractivity contribution in [3.8, 4) is 16.9 Å². The van der Waals surface area contributed by atoms with Gasteiger partial charge < -0.3 is 20.7 Å². The number of para-hydroxylation sites is 1. The van der Waals surface area contributed by atoms with Gasteiger partial charge in [-0.3, -0.25) is 9.59 Å². The average molecular weight is 432 g/mol. The van der Waals surface area contributed by atoms with Gasteiger partial charge in [0, 0.05) is 31.7 Å². The van der Waals surface area contributed by atoms with Crippen LogP contribution in [0.4, 0.5) is 0 Å². The van der Waals surface area contributed by atoms with E-state index in [1.807, 2.05) is 54.6 Å². The summed E-state index contributed by atoms with van der Waals surface area (Å²) in [5.41, 5.74) is 7.53. The lowest BCUT2D eigenvalue weighted by atomic mass is 9.97. The second kappa shape index (κ2) is 12.2. The zero-order valence-corrected chi connectivity index (χ0v) is 17.9. The van der Waals surface area contributed by atoms with Crippen LogP contribution in [-0.2, 0) is 9.59 Å². The van der Waals surface area contributed by atoms with Gasteiger partial charge in [-0.25, -0.2) is 0 Å². The fourth-order valence-electron chi connectivity index (χ4n) is 3.61. The van der Waals surface area contributed by atoms with Gasteiger partial charge in [0.05, 0.1) is 18.9 Å². The molecule has 1 unspecified atom stereocenters. The molecule has 1 saturated heterocycles. The maximum atomic E-state index is 12.6. The molecule has 6 nitrogen and oxygen atoms in total. The molecule has 0 saturated carbocycles. The van der Waals surface area contributed by atoms with Crippen molar-refractivity contribution in [1.29, 1.82) is 0 Å². The Kier molecular flexibility index (Phi) is 9.64. The highest BCUT2D eigenvalue weighted by Gasteiger charge is 2.28. The number of carbonyl (C=O) groups is 2. The Hall–Kier alpha value is -2.57. The number of benzene rings is 2. The van der Waals surface area contributed by atoms with E-state index in [2.05, 4.69) is 5.32 Å². The quantitative estimate of drug-likeness (QED) is 0.673. The fraction of sp³-hybridized carbons (Fsp3) is 0.391. The highest BCUT2D eigenvalue weighted by molar-refractivity contribution is 5.85. The van der Waals surface area contributed by atoms with E-state index in [9.17, 15) is 9.59 Å². The normalized spacial score (nSPS) is 15.8. The molecule has 7 heteroatoms. The van der Waals surface area contributed by atoms with Gasteiger partial charge in [0.1, 0.15) is 5.75 Å². The maximum absolute atomic E-state index is 12.6. The van der Waals surface area contributed by atoms with Gasteiger partial charge >= 0.3 is 0 Å². The van der Waals surface area contributed by atoms with Gasteiger partial charge in [-0.15, -0.1) is 12.4 Å². The molecule has 1 atom stereocenters. The van der Waals surface area contributed by atoms with Crippen molar-refractivity contribution in [1.82, 2.24) is 10.2 Å². The fourth-order valence-corrected chi connectivity index (χ4v) is 3.61. The summed E-state index contributed by atoms with van der Waals surface area (Å²) in [5, 5.41) is 2.82. The number of carbonyl (C=O) groups excluding carboxylic acids is 2. The van der Waals surface area contributed by atoms with Crippen molar-refractivity contribution in [3.05, 3.63) is 54.6 Å². The van der Waals surface area contributed by atoms with Gasteiger partial charge in [-0.05, 0) is 24.5 Å². The monoisotopic (exact) mass is 431 g/mol. The van der Waals surface area contributed by atoms with E-state index in [0.29, 0.717) is 39.2 Å². The molecule has 3 N–H and O–H groups in total. The number of nitrogens with two attached hydrogens (primary N) is 1. The topological polar surface area (TPSA) is 84.7 Å². The number of ether oxygens (including phenoxy) is 1. The van der Waals surface area contributed by atoms with Crippen molar-refractivity contribution in [2.75, 3.05) is 32.8 Å². The molecule has 0 spiro atoms. The summed E-state index contributed by atoms with van der Waals surface area (Å²) in [4.78, 5) is 26.6. The van der Waals surface area contributed by atoms with E-state index < -0.39 is 0 Å². The van der Waals surface area contributed by atoms with E-state index in [-0.39, 0.29) is 30.1 Å². The third kappa shape index (κ3) is 6.47. The molecule has 1 aliphatic heterocycles. The minimum atomic E-state index is -0.154. The van der Waals surface area contributed by atoms with Crippen LogP contribution in [-0.4, -0.2) is 49.5 Å². The third-order valence-electron chi connectivity index (χ3n) is 5.13. The van der Waals surface area contributed by atoms with Gasteiger partial charge in [0.15, 0.2) is 0 Å². The standard InChI is InChI=1S/C23H29N3O3.ClH/c24-13-14-25-23(28)19-9-6-15-26(17-19)22(27)12-16-29-21-11-5-4-10-20(21)18-7-2-1-3-8-18;/h1-5,7-8,10-11,19H,6,9,12-17,24H2,(H,25,28);1H. The largest absolute Gasteiger partial charge is 0.492 e. The molecule has 30 heavy (non-hydrogen) atoms. The number of hydrogen-bond acceptors (Lipinski definition) is 4. The predicted molar refractivity (Wildman–Crippen MR) is 121 cm³/mol. The Morgan fingerprint density at radius 2 is 1.83 bits per heavy atom. The van der Waals surface area contributed by atoms with E-state index in [4.69, 9.17) is 10.5 Å². The van der Waals surface area contributed by atoms with Crippen LogP contribution in [0.5, 0.6) is 5.75 Å². The number of amides is 2. The first-order chi connectivity index (χ1) is 14.2. The summed E-state index contributed by atoms with van der Waals surface area (Å²) in [7, 11) is 0. The van der Waals surface area contributed by atoms with Crippen LogP contribution >= 0.6 is 12.4 Å². The number of halogens is 1. The molecule has 0 radical (unpaired) electrons. The Balaban J connectivity index is 0.00000320. The van der Waals surface area contributed by atoms with Gasteiger partial charge in [0.25, 0.3) is 0 Å². The summed E-state index contributed by atoms with van der Waals surface area (Å²) < 4.78 is 5.94. The van der Waals surface area contributed by atoms with E-state index in [1.54, 1.807) is 4.90 Å². The molecule has 0 aliphatic carbocycles. The second-order valence-electron chi connectivity index (χ2n) is 7.22. The average Bonchev–Trinajstić information content (AvgIpc) is 2.78. The van der Waals surface area contributed by atoms with Crippen molar-refractivity contribution in [3.63, 3.8) is 0 Å². The van der Waals surface area contributed by atoms with E-state index in [0.717, 1.165) is 29.7 Å². The Bertz CT molecular complexity index is 816. The molecule has 162 valence electrons. The lowest BCUT2D eigenvalue weighted by Gasteiger charge is -2.32. The number of likely N-dealkylation sites (tertiary alicyclic amines) is 1. The predicted octanol–water partition coefficient (Wildman–Crippen LogP) is 2.86. The van der Waals surface area contributed by atoms with E-state index >= 15 is 0 Å².